The first kappa shape index (κ1) is 17.5. The molecule has 20 heavy (non-hydrogen) atoms. The molecule has 6 heteroatoms. The third kappa shape index (κ3) is 7.31. The maximum atomic E-state index is 13.1. The molecule has 1 aromatic carbocycles. The molecule has 0 aromatic heterocycles. The molecule has 0 amide bonds. The van der Waals surface area contributed by atoms with Gasteiger partial charge < -0.3 is 19.9 Å². The third-order valence-corrected chi connectivity index (χ3v) is 3.36. The average Bonchev–Trinajstić information content (AvgIpc) is 2.42. The van der Waals surface area contributed by atoms with E-state index in [0.717, 1.165) is 10.0 Å². The summed E-state index contributed by atoms with van der Waals surface area (Å²) in [4.78, 5) is 0. The Morgan fingerprint density at radius 1 is 1.35 bits per heavy atom. The Morgan fingerprint density at radius 2 is 2.10 bits per heavy atom. The van der Waals surface area contributed by atoms with Gasteiger partial charge in [-0.2, -0.15) is 0 Å². The Morgan fingerprint density at radius 3 is 2.85 bits per heavy atom. The lowest BCUT2D eigenvalue weighted by Crippen LogP contribution is -2.30. The van der Waals surface area contributed by atoms with Gasteiger partial charge in [-0.1, -0.05) is 15.9 Å². The standard InChI is InChI=1S/C14H21BrFNO3/c1-2-19-5-6-20-10-13(18)9-17-8-11-7-12(16)3-4-14(11)15/h3-4,7,13,17-18H,2,5-6,8-10H2,1H3. The fourth-order valence-corrected chi connectivity index (χ4v) is 1.98. The van der Waals surface area contributed by atoms with Crippen molar-refractivity contribution in [3.05, 3.63) is 34.1 Å². The maximum Gasteiger partial charge on any atom is 0.123 e. The van der Waals surface area contributed by atoms with Crippen molar-refractivity contribution in [2.75, 3.05) is 33.0 Å². The Labute approximate surface area is 127 Å². The zero-order valence-corrected chi connectivity index (χ0v) is 13.2. The van der Waals surface area contributed by atoms with Gasteiger partial charge in [0.2, 0.25) is 0 Å². The first-order valence-electron chi connectivity index (χ1n) is 6.61. The van der Waals surface area contributed by atoms with Crippen LogP contribution in [-0.2, 0) is 16.0 Å². The number of ether oxygens (including phenoxy) is 2. The molecule has 0 fully saturated rings. The van der Waals surface area contributed by atoms with E-state index in [-0.39, 0.29) is 12.4 Å². The number of benzene rings is 1. The minimum atomic E-state index is -0.594. The van der Waals surface area contributed by atoms with Crippen molar-refractivity contribution >= 4 is 15.9 Å². The molecular weight excluding hydrogens is 329 g/mol. The predicted molar refractivity (Wildman–Crippen MR) is 79.1 cm³/mol. The van der Waals surface area contributed by atoms with E-state index in [1.54, 1.807) is 6.07 Å². The molecule has 4 nitrogen and oxygen atoms in total. The third-order valence-electron chi connectivity index (χ3n) is 2.59. The summed E-state index contributed by atoms with van der Waals surface area (Å²) in [5.41, 5.74) is 0.814. The van der Waals surface area contributed by atoms with Crippen LogP contribution in [-0.4, -0.2) is 44.2 Å². The van der Waals surface area contributed by atoms with Gasteiger partial charge in [0.25, 0.3) is 0 Å². The molecule has 0 radical (unpaired) electrons. The Hall–Kier alpha value is -0.530. The quantitative estimate of drug-likeness (QED) is 0.635. The normalized spacial score (nSPS) is 12.6. The van der Waals surface area contributed by atoms with Crippen molar-refractivity contribution in [2.24, 2.45) is 0 Å². The van der Waals surface area contributed by atoms with Crippen LogP contribution < -0.4 is 5.32 Å². The van der Waals surface area contributed by atoms with Crippen LogP contribution in [0.25, 0.3) is 0 Å². The molecule has 1 aromatic rings. The summed E-state index contributed by atoms with van der Waals surface area (Å²) < 4.78 is 24.3. The van der Waals surface area contributed by atoms with Crippen LogP contribution in [0.3, 0.4) is 0 Å². The fraction of sp³-hybridized carbons (Fsp3) is 0.571. The van der Waals surface area contributed by atoms with Crippen LogP contribution in [0.1, 0.15) is 12.5 Å². The Balaban J connectivity index is 2.15. The minimum Gasteiger partial charge on any atom is -0.389 e. The summed E-state index contributed by atoms with van der Waals surface area (Å²) in [6, 6.07) is 4.52. The van der Waals surface area contributed by atoms with Crippen LogP contribution >= 0.6 is 15.9 Å². The molecule has 0 bridgehead atoms. The minimum absolute atomic E-state index is 0.254. The molecule has 114 valence electrons. The molecule has 1 unspecified atom stereocenters. The van der Waals surface area contributed by atoms with Crippen molar-refractivity contribution < 1.29 is 19.0 Å². The van der Waals surface area contributed by atoms with E-state index in [2.05, 4.69) is 21.2 Å². The van der Waals surface area contributed by atoms with Gasteiger partial charge in [-0.3, -0.25) is 0 Å². The average molecular weight is 350 g/mol. The highest BCUT2D eigenvalue weighted by Crippen LogP contribution is 2.17. The highest BCUT2D eigenvalue weighted by atomic mass is 79.9. The highest BCUT2D eigenvalue weighted by molar-refractivity contribution is 9.10. The van der Waals surface area contributed by atoms with Gasteiger partial charge >= 0.3 is 0 Å². The Bertz CT molecular complexity index is 393. The number of hydrogen-bond acceptors (Lipinski definition) is 4. The maximum absolute atomic E-state index is 13.1. The van der Waals surface area contributed by atoms with Crippen molar-refractivity contribution in [1.29, 1.82) is 0 Å². The van der Waals surface area contributed by atoms with Gasteiger partial charge in [-0.25, -0.2) is 4.39 Å². The van der Waals surface area contributed by atoms with E-state index >= 15 is 0 Å². The van der Waals surface area contributed by atoms with Crippen molar-refractivity contribution in [1.82, 2.24) is 5.32 Å². The second kappa shape index (κ2) is 10.2. The van der Waals surface area contributed by atoms with E-state index < -0.39 is 6.10 Å². The highest BCUT2D eigenvalue weighted by Gasteiger charge is 2.06. The SMILES string of the molecule is CCOCCOCC(O)CNCc1cc(F)ccc1Br. The number of hydrogen-bond donors (Lipinski definition) is 2. The molecule has 1 atom stereocenters. The largest absolute Gasteiger partial charge is 0.389 e. The number of aliphatic hydroxyl groups is 1. The monoisotopic (exact) mass is 349 g/mol. The second-order valence-electron chi connectivity index (χ2n) is 4.29. The zero-order chi connectivity index (χ0) is 14.8. The topological polar surface area (TPSA) is 50.7 Å². The summed E-state index contributed by atoms with van der Waals surface area (Å²) >= 11 is 3.36. The molecule has 0 aliphatic carbocycles. The van der Waals surface area contributed by atoms with Gasteiger partial charge in [-0.15, -0.1) is 0 Å². The molecular formula is C14H21BrFNO3. The van der Waals surface area contributed by atoms with Gasteiger partial charge in [0.1, 0.15) is 5.82 Å². The number of halogens is 2. The lowest BCUT2D eigenvalue weighted by atomic mass is 10.2. The zero-order valence-electron chi connectivity index (χ0n) is 11.6. The van der Waals surface area contributed by atoms with Crippen LogP contribution in [0, 0.1) is 5.82 Å². The molecule has 2 N–H and O–H groups in total. The van der Waals surface area contributed by atoms with Crippen LogP contribution in [0.4, 0.5) is 4.39 Å². The summed E-state index contributed by atoms with van der Waals surface area (Å²) in [6.45, 7) is 4.71. The van der Waals surface area contributed by atoms with Crippen LogP contribution in [0.5, 0.6) is 0 Å². The van der Waals surface area contributed by atoms with Gasteiger partial charge in [0.15, 0.2) is 0 Å². The Kier molecular flexibility index (Phi) is 8.97. The summed E-state index contributed by atoms with van der Waals surface area (Å²) in [7, 11) is 0. The van der Waals surface area contributed by atoms with Crippen LogP contribution in [0.15, 0.2) is 22.7 Å². The van der Waals surface area contributed by atoms with Gasteiger partial charge in [0.05, 0.1) is 25.9 Å². The van der Waals surface area contributed by atoms with Crippen LogP contribution in [0.2, 0.25) is 0 Å². The van der Waals surface area contributed by atoms with Gasteiger partial charge in [-0.05, 0) is 30.7 Å². The van der Waals surface area contributed by atoms with E-state index in [1.807, 2.05) is 6.92 Å². The second-order valence-corrected chi connectivity index (χ2v) is 5.15. The van der Waals surface area contributed by atoms with Crippen molar-refractivity contribution in [2.45, 2.75) is 19.6 Å². The molecule has 0 saturated carbocycles. The lowest BCUT2D eigenvalue weighted by molar-refractivity contribution is 0.00642. The fourth-order valence-electron chi connectivity index (χ4n) is 1.59. The van der Waals surface area contributed by atoms with Crippen molar-refractivity contribution in [3.8, 4) is 0 Å². The first-order valence-corrected chi connectivity index (χ1v) is 7.41. The lowest BCUT2D eigenvalue weighted by Gasteiger charge is -2.13. The molecule has 0 aliphatic rings. The molecule has 0 aliphatic heterocycles. The summed E-state index contributed by atoms with van der Waals surface area (Å²) in [5.74, 6) is -0.273. The first-order chi connectivity index (χ1) is 9.63. The smallest absolute Gasteiger partial charge is 0.123 e. The van der Waals surface area contributed by atoms with E-state index in [1.165, 1.54) is 12.1 Å². The molecule has 1 rings (SSSR count). The van der Waals surface area contributed by atoms with Gasteiger partial charge in [0, 0.05) is 24.2 Å². The molecule has 0 saturated heterocycles. The molecule has 0 heterocycles. The van der Waals surface area contributed by atoms with E-state index in [9.17, 15) is 9.50 Å². The number of nitrogens with one attached hydrogen (secondary N) is 1. The predicted octanol–water partition coefficient (Wildman–Crippen LogP) is 2.09. The molecule has 0 spiro atoms. The van der Waals surface area contributed by atoms with Crippen molar-refractivity contribution in [3.63, 3.8) is 0 Å². The van der Waals surface area contributed by atoms with E-state index in [0.29, 0.717) is 32.9 Å². The number of rotatable bonds is 10. The number of aliphatic hydroxyl groups excluding tert-OH is 1. The summed E-state index contributed by atoms with van der Waals surface area (Å²) in [5, 5.41) is 12.8. The van der Waals surface area contributed by atoms with E-state index in [4.69, 9.17) is 9.47 Å². The summed E-state index contributed by atoms with van der Waals surface area (Å²) in [6.07, 6.45) is -0.594.